The summed E-state index contributed by atoms with van der Waals surface area (Å²) in [5.41, 5.74) is -0.845. The SMILES string of the molecule is CC(=O)Oc1ccc([13CH]=[13CH][13C](=O)O[C@@H]2C[C@]3(C[C@H]4OC(C)(C)O[C@@H]24)OC(C)(C)OC3=O)cc1OC(C)=O. The van der Waals surface area contributed by atoms with Crippen molar-refractivity contribution in [3.63, 3.8) is 0 Å². The molecule has 1 spiro atoms. The van der Waals surface area contributed by atoms with Gasteiger partial charge in [0.1, 0.15) is 12.2 Å². The Morgan fingerprint density at radius 1 is 0.946 bits per heavy atom. The lowest BCUT2D eigenvalue weighted by atomic mass is 9.79. The van der Waals surface area contributed by atoms with Gasteiger partial charge in [-0.2, -0.15) is 0 Å². The van der Waals surface area contributed by atoms with Crippen molar-refractivity contribution in [3.05, 3.63) is 29.8 Å². The number of hydrogen-bond acceptors (Lipinski definition) is 11. The molecule has 1 aromatic carbocycles. The maximum Gasteiger partial charge on any atom is 0.341 e. The molecule has 0 radical (unpaired) electrons. The zero-order valence-corrected chi connectivity index (χ0v) is 21.5. The lowest BCUT2D eigenvalue weighted by Gasteiger charge is -2.39. The second-order valence-corrected chi connectivity index (χ2v) is 10.1. The largest absolute Gasteiger partial charge is 0.456 e. The van der Waals surface area contributed by atoms with Crippen LogP contribution in [0.15, 0.2) is 24.3 Å². The molecule has 11 heteroatoms. The van der Waals surface area contributed by atoms with E-state index in [9.17, 15) is 19.2 Å². The van der Waals surface area contributed by atoms with E-state index < -0.39 is 59.4 Å². The van der Waals surface area contributed by atoms with E-state index in [1.807, 2.05) is 0 Å². The maximum absolute atomic E-state index is 12.8. The van der Waals surface area contributed by atoms with Gasteiger partial charge in [0.15, 0.2) is 22.9 Å². The maximum atomic E-state index is 12.8. The van der Waals surface area contributed by atoms with Crippen LogP contribution < -0.4 is 9.47 Å². The molecule has 1 aliphatic carbocycles. The summed E-state index contributed by atoms with van der Waals surface area (Å²) in [5.74, 6) is -4.39. The number of carbonyl (C=O) groups is 4. The quantitative estimate of drug-likeness (QED) is 0.245. The van der Waals surface area contributed by atoms with Crippen molar-refractivity contribution in [2.45, 2.75) is 89.9 Å². The number of carbonyl (C=O) groups excluding carboxylic acids is 4. The highest BCUT2D eigenvalue weighted by Gasteiger charge is 2.64. The molecule has 2 aliphatic heterocycles. The highest BCUT2D eigenvalue weighted by molar-refractivity contribution is 5.88. The minimum absolute atomic E-state index is 0.0218. The van der Waals surface area contributed by atoms with Gasteiger partial charge in [-0.05, 0) is 37.6 Å². The molecule has 11 nitrogen and oxygen atoms in total. The van der Waals surface area contributed by atoms with Crippen LogP contribution in [-0.4, -0.2) is 59.4 Å². The van der Waals surface area contributed by atoms with E-state index in [1.54, 1.807) is 33.8 Å². The molecule has 0 amide bonds. The summed E-state index contributed by atoms with van der Waals surface area (Å²) in [6.07, 6.45) is 0.894. The molecule has 4 rings (SSSR count). The summed E-state index contributed by atoms with van der Waals surface area (Å²) >= 11 is 0. The highest BCUT2D eigenvalue weighted by Crippen LogP contribution is 2.48. The van der Waals surface area contributed by atoms with Crippen molar-refractivity contribution < 1.29 is 52.3 Å². The Hall–Kier alpha value is -3.28. The van der Waals surface area contributed by atoms with Crippen LogP contribution in [0.25, 0.3) is 6.08 Å². The van der Waals surface area contributed by atoms with Crippen LogP contribution >= 0.6 is 0 Å². The van der Waals surface area contributed by atoms with Crippen LogP contribution in [0.4, 0.5) is 0 Å². The Morgan fingerprint density at radius 2 is 1.62 bits per heavy atom. The molecule has 2 heterocycles. The molecular weight excluding hydrogens is 491 g/mol. The first-order chi connectivity index (χ1) is 17.2. The summed E-state index contributed by atoms with van der Waals surface area (Å²) in [5, 5.41) is 0. The van der Waals surface area contributed by atoms with Gasteiger partial charge in [0.2, 0.25) is 5.79 Å². The highest BCUT2D eigenvalue weighted by atomic mass is 16.8. The first-order valence-electron chi connectivity index (χ1n) is 11.9. The number of esters is 4. The van der Waals surface area contributed by atoms with E-state index in [2.05, 4.69) is 0 Å². The van der Waals surface area contributed by atoms with Gasteiger partial charge in [-0.3, -0.25) is 9.59 Å². The Kier molecular flexibility index (Phi) is 6.91. The Balaban J connectivity index is 1.52. The molecule has 0 aromatic heterocycles. The molecule has 0 unspecified atom stereocenters. The number of cyclic esters (lactones) is 1. The van der Waals surface area contributed by atoms with Gasteiger partial charge in [0.05, 0.1) is 6.10 Å². The van der Waals surface area contributed by atoms with E-state index in [-0.39, 0.29) is 24.3 Å². The zero-order valence-electron chi connectivity index (χ0n) is 21.5. The molecule has 2 saturated heterocycles. The standard InChI is InChI=1S/C26H30O11/c1-14(27)31-17-9-7-16(11-18(17)32-15(2)28)8-10-21(29)33-19-12-26(23(30)36-25(5,6)37-26)13-20-22(19)35-24(3,4)34-20/h7-11,19-20,22H,12-13H2,1-6H3/t19-,20-,22+,26-/m1/s1/i8+1,10+1,21+1. The van der Waals surface area contributed by atoms with Gasteiger partial charge in [-0.1, -0.05) is 6.07 Å². The average molecular weight is 521 g/mol. The lowest BCUT2D eigenvalue weighted by molar-refractivity contribution is -0.195. The van der Waals surface area contributed by atoms with Gasteiger partial charge >= 0.3 is 23.9 Å². The van der Waals surface area contributed by atoms with Crippen molar-refractivity contribution in [2.75, 3.05) is 0 Å². The summed E-state index contributed by atoms with van der Waals surface area (Å²) in [6.45, 7) is 9.20. The van der Waals surface area contributed by atoms with Crippen LogP contribution in [0.2, 0.25) is 0 Å². The van der Waals surface area contributed by atoms with Crippen molar-refractivity contribution in [1.29, 1.82) is 0 Å². The normalized spacial score (nSPS) is 29.6. The molecule has 37 heavy (non-hydrogen) atoms. The van der Waals surface area contributed by atoms with Gasteiger partial charge < -0.3 is 33.2 Å². The minimum Gasteiger partial charge on any atom is -0.456 e. The molecule has 4 atom stereocenters. The summed E-state index contributed by atoms with van der Waals surface area (Å²) in [7, 11) is 0. The molecule has 0 bridgehead atoms. The van der Waals surface area contributed by atoms with E-state index in [0.717, 1.165) is 0 Å². The van der Waals surface area contributed by atoms with E-state index in [0.29, 0.717) is 5.56 Å². The molecule has 0 N–H and O–H groups in total. The zero-order chi connectivity index (χ0) is 27.2. The summed E-state index contributed by atoms with van der Waals surface area (Å²) in [4.78, 5) is 48.4. The molecule has 200 valence electrons. The fraction of sp³-hybridized carbons (Fsp3) is 0.538. The van der Waals surface area contributed by atoms with Crippen LogP contribution in [0, 0.1) is 0 Å². The number of fused-ring (bicyclic) bond motifs is 1. The predicted octanol–water partition coefficient (Wildman–Crippen LogP) is 2.82. The van der Waals surface area contributed by atoms with Gasteiger partial charge in [-0.15, -0.1) is 0 Å². The molecule has 1 aromatic rings. The van der Waals surface area contributed by atoms with Crippen molar-refractivity contribution in [1.82, 2.24) is 0 Å². The molecule has 1 saturated carbocycles. The number of rotatable bonds is 5. The fourth-order valence-corrected chi connectivity index (χ4v) is 4.85. The van der Waals surface area contributed by atoms with Crippen LogP contribution in [0.1, 0.15) is 59.9 Å². The Bertz CT molecular complexity index is 1150. The van der Waals surface area contributed by atoms with Gasteiger partial charge in [0, 0.05) is 46.6 Å². The van der Waals surface area contributed by atoms with Gasteiger partial charge in [-0.25, -0.2) is 9.59 Å². The Labute approximate surface area is 213 Å². The second kappa shape index (κ2) is 9.55. The third-order valence-electron chi connectivity index (χ3n) is 5.96. The average Bonchev–Trinajstić information content (AvgIpc) is 3.17. The van der Waals surface area contributed by atoms with E-state index >= 15 is 0 Å². The molecular formula is C26H30O11. The van der Waals surface area contributed by atoms with Crippen LogP contribution in [-0.2, 0) is 42.9 Å². The first kappa shape index (κ1) is 26.8. The number of ether oxygens (including phenoxy) is 7. The van der Waals surface area contributed by atoms with Crippen molar-refractivity contribution >= 4 is 30.0 Å². The molecule has 3 fully saturated rings. The van der Waals surface area contributed by atoms with E-state index in [1.165, 1.54) is 38.1 Å². The monoisotopic (exact) mass is 521 g/mol. The second-order valence-electron chi connectivity index (χ2n) is 10.1. The topological polar surface area (TPSA) is 133 Å². The third kappa shape index (κ3) is 6.00. The number of hydrogen-bond donors (Lipinski definition) is 0. The first-order valence-corrected chi connectivity index (χ1v) is 11.9. The predicted molar refractivity (Wildman–Crippen MR) is 125 cm³/mol. The Morgan fingerprint density at radius 3 is 2.24 bits per heavy atom. The van der Waals surface area contributed by atoms with E-state index in [4.69, 9.17) is 33.2 Å². The molecule has 3 aliphatic rings. The smallest absolute Gasteiger partial charge is 0.341 e. The lowest BCUT2D eigenvalue weighted by Crippen LogP contribution is -2.55. The summed E-state index contributed by atoms with van der Waals surface area (Å²) in [6, 6.07) is 4.45. The van der Waals surface area contributed by atoms with Gasteiger partial charge in [0.25, 0.3) is 0 Å². The van der Waals surface area contributed by atoms with Crippen molar-refractivity contribution in [2.24, 2.45) is 0 Å². The van der Waals surface area contributed by atoms with Crippen molar-refractivity contribution in [3.8, 4) is 11.5 Å². The van der Waals surface area contributed by atoms with Crippen LogP contribution in [0.3, 0.4) is 0 Å². The third-order valence-corrected chi connectivity index (χ3v) is 5.96. The summed E-state index contributed by atoms with van der Waals surface area (Å²) < 4.78 is 39.2. The fourth-order valence-electron chi connectivity index (χ4n) is 4.85. The van der Waals surface area contributed by atoms with Crippen LogP contribution in [0.5, 0.6) is 11.5 Å². The number of benzene rings is 1. The minimum atomic E-state index is -1.32.